The monoisotopic (exact) mass is 325 g/mol. The van der Waals surface area contributed by atoms with E-state index in [1.807, 2.05) is 40.9 Å². The quantitative estimate of drug-likeness (QED) is 0.508. The molecule has 0 spiro atoms. The van der Waals surface area contributed by atoms with E-state index in [9.17, 15) is 0 Å². The van der Waals surface area contributed by atoms with Crippen molar-refractivity contribution in [3.8, 4) is 0 Å². The molecule has 7 nitrogen and oxygen atoms in total. The first kappa shape index (κ1) is 16.0. The molecule has 0 saturated heterocycles. The van der Waals surface area contributed by atoms with Crippen molar-refractivity contribution >= 4 is 11.6 Å². The molecule has 126 valence electrons. The first-order chi connectivity index (χ1) is 11.9. The van der Waals surface area contributed by atoms with Crippen LogP contribution in [0.5, 0.6) is 0 Å². The smallest absolute Gasteiger partial charge is 0.191 e. The molecule has 0 saturated carbocycles. The summed E-state index contributed by atoms with van der Waals surface area (Å²) in [5.74, 6) is 1.76. The molecule has 0 aliphatic carbocycles. The van der Waals surface area contributed by atoms with E-state index in [-0.39, 0.29) is 0 Å². The van der Waals surface area contributed by atoms with Gasteiger partial charge in [-0.3, -0.25) is 9.39 Å². The molecule has 3 aromatic rings. The van der Waals surface area contributed by atoms with Crippen LogP contribution in [0.15, 0.2) is 53.9 Å². The summed E-state index contributed by atoms with van der Waals surface area (Å²) in [4.78, 5) is 4.62. The Morgan fingerprint density at radius 2 is 1.92 bits per heavy atom. The fraction of sp³-hybridized carbons (Fsp3) is 0.353. The van der Waals surface area contributed by atoms with Crippen LogP contribution in [0.1, 0.15) is 12.7 Å². The maximum absolute atomic E-state index is 4.62. The maximum Gasteiger partial charge on any atom is 0.191 e. The molecule has 0 atom stereocenters. The summed E-state index contributed by atoms with van der Waals surface area (Å²) in [6, 6.07) is 9.96. The Balaban J connectivity index is 1.53. The fourth-order valence-corrected chi connectivity index (χ4v) is 2.49. The standard InChI is InChI=1S/C17H23N7/c1-2-18-17(20-10-14-23-11-5-6-12-23)19-9-8-16-22-21-15-7-3-4-13-24(15)16/h3-7,11-13H,2,8-10,14H2,1H3,(H2,18,19,20). The number of nitrogens with zero attached hydrogens (tertiary/aromatic N) is 5. The van der Waals surface area contributed by atoms with E-state index >= 15 is 0 Å². The Bertz CT molecular complexity index is 773. The maximum atomic E-state index is 4.62. The summed E-state index contributed by atoms with van der Waals surface area (Å²) < 4.78 is 4.14. The van der Waals surface area contributed by atoms with Gasteiger partial charge in [0.1, 0.15) is 5.82 Å². The number of hydrogen-bond acceptors (Lipinski definition) is 3. The Kier molecular flexibility index (Phi) is 5.44. The van der Waals surface area contributed by atoms with Crippen molar-refractivity contribution in [2.24, 2.45) is 4.99 Å². The highest BCUT2D eigenvalue weighted by molar-refractivity contribution is 5.79. The van der Waals surface area contributed by atoms with Crippen molar-refractivity contribution in [3.05, 3.63) is 54.7 Å². The molecular formula is C17H23N7. The highest BCUT2D eigenvalue weighted by Gasteiger charge is 2.04. The molecule has 0 aromatic carbocycles. The van der Waals surface area contributed by atoms with Crippen molar-refractivity contribution in [2.45, 2.75) is 19.9 Å². The third-order valence-electron chi connectivity index (χ3n) is 3.66. The number of guanidine groups is 1. The summed E-state index contributed by atoms with van der Waals surface area (Å²) in [5.41, 5.74) is 0.869. The molecule has 2 N–H and O–H groups in total. The van der Waals surface area contributed by atoms with Crippen LogP contribution in [-0.4, -0.2) is 44.8 Å². The average Bonchev–Trinajstić information content (AvgIpc) is 3.25. The molecule has 0 unspecified atom stereocenters. The summed E-state index contributed by atoms with van der Waals surface area (Å²) >= 11 is 0. The molecule has 0 fully saturated rings. The van der Waals surface area contributed by atoms with Crippen LogP contribution in [0.4, 0.5) is 0 Å². The number of pyridine rings is 1. The third-order valence-corrected chi connectivity index (χ3v) is 3.66. The first-order valence-electron chi connectivity index (χ1n) is 8.28. The minimum atomic E-state index is 0.661. The third kappa shape index (κ3) is 4.13. The fourth-order valence-electron chi connectivity index (χ4n) is 2.49. The first-order valence-corrected chi connectivity index (χ1v) is 8.28. The van der Waals surface area contributed by atoms with Crippen LogP contribution in [-0.2, 0) is 13.0 Å². The number of rotatable bonds is 7. The topological polar surface area (TPSA) is 71.5 Å². The van der Waals surface area contributed by atoms with Gasteiger partial charge in [-0.1, -0.05) is 6.07 Å². The number of aliphatic imine (C=N–C) groups is 1. The van der Waals surface area contributed by atoms with Gasteiger partial charge < -0.3 is 15.2 Å². The number of fused-ring (bicyclic) bond motifs is 1. The summed E-state index contributed by atoms with van der Waals surface area (Å²) in [5, 5.41) is 15.0. The van der Waals surface area contributed by atoms with Gasteiger partial charge in [-0.25, -0.2) is 0 Å². The predicted molar refractivity (Wildman–Crippen MR) is 95.1 cm³/mol. The number of aromatic nitrogens is 4. The van der Waals surface area contributed by atoms with Gasteiger partial charge in [-0.05, 0) is 31.2 Å². The van der Waals surface area contributed by atoms with Crippen molar-refractivity contribution in [1.82, 2.24) is 29.8 Å². The van der Waals surface area contributed by atoms with Gasteiger partial charge in [0.2, 0.25) is 0 Å². The second-order valence-corrected chi connectivity index (χ2v) is 5.40. The Morgan fingerprint density at radius 3 is 2.75 bits per heavy atom. The zero-order valence-electron chi connectivity index (χ0n) is 13.9. The molecule has 0 aliphatic heterocycles. The molecule has 24 heavy (non-hydrogen) atoms. The number of nitrogens with one attached hydrogen (secondary N) is 2. The van der Waals surface area contributed by atoms with Gasteiger partial charge in [0.15, 0.2) is 11.6 Å². The summed E-state index contributed by atoms with van der Waals surface area (Å²) in [6.07, 6.45) is 6.85. The van der Waals surface area contributed by atoms with E-state index in [4.69, 9.17) is 0 Å². The van der Waals surface area contributed by atoms with Crippen molar-refractivity contribution in [3.63, 3.8) is 0 Å². The molecule has 3 rings (SSSR count). The summed E-state index contributed by atoms with van der Waals surface area (Å²) in [6.45, 7) is 5.30. The van der Waals surface area contributed by atoms with Gasteiger partial charge in [0.05, 0.1) is 0 Å². The Hall–Kier alpha value is -2.83. The zero-order chi connectivity index (χ0) is 16.6. The van der Waals surface area contributed by atoms with E-state index in [1.54, 1.807) is 0 Å². The highest BCUT2D eigenvalue weighted by atomic mass is 15.2. The van der Waals surface area contributed by atoms with E-state index in [2.05, 4.69) is 49.7 Å². The Labute approximate surface area is 141 Å². The van der Waals surface area contributed by atoms with E-state index < -0.39 is 0 Å². The Morgan fingerprint density at radius 1 is 1.08 bits per heavy atom. The molecule has 0 radical (unpaired) electrons. The van der Waals surface area contributed by atoms with Gasteiger partial charge in [-0.2, -0.15) is 0 Å². The highest BCUT2D eigenvalue weighted by Crippen LogP contribution is 2.03. The largest absolute Gasteiger partial charge is 0.357 e. The van der Waals surface area contributed by atoms with E-state index in [0.717, 1.165) is 43.5 Å². The molecule has 0 bridgehead atoms. The lowest BCUT2D eigenvalue weighted by Gasteiger charge is -2.11. The van der Waals surface area contributed by atoms with Crippen molar-refractivity contribution in [1.29, 1.82) is 0 Å². The van der Waals surface area contributed by atoms with Crippen LogP contribution in [0, 0.1) is 0 Å². The van der Waals surface area contributed by atoms with Gasteiger partial charge in [0.25, 0.3) is 0 Å². The molecule has 0 amide bonds. The van der Waals surface area contributed by atoms with Crippen LogP contribution in [0.2, 0.25) is 0 Å². The second kappa shape index (κ2) is 8.14. The SMILES string of the molecule is CCNC(=NCCc1nnc2ccccn12)NCCn1cccc1. The van der Waals surface area contributed by atoms with Gasteiger partial charge in [-0.15, -0.1) is 10.2 Å². The van der Waals surface area contributed by atoms with Crippen molar-refractivity contribution in [2.75, 3.05) is 19.6 Å². The van der Waals surface area contributed by atoms with Crippen LogP contribution in [0.3, 0.4) is 0 Å². The van der Waals surface area contributed by atoms with Crippen LogP contribution >= 0.6 is 0 Å². The normalized spacial score (nSPS) is 11.8. The zero-order valence-corrected chi connectivity index (χ0v) is 13.9. The molecular weight excluding hydrogens is 302 g/mol. The predicted octanol–water partition coefficient (Wildman–Crippen LogP) is 1.33. The molecule has 7 heteroatoms. The van der Waals surface area contributed by atoms with E-state index in [1.165, 1.54) is 0 Å². The average molecular weight is 325 g/mol. The second-order valence-electron chi connectivity index (χ2n) is 5.40. The number of hydrogen-bond donors (Lipinski definition) is 2. The lowest BCUT2D eigenvalue weighted by atomic mass is 10.4. The molecule has 3 aromatic heterocycles. The minimum absolute atomic E-state index is 0.661. The van der Waals surface area contributed by atoms with Gasteiger partial charge >= 0.3 is 0 Å². The van der Waals surface area contributed by atoms with Crippen LogP contribution in [0.25, 0.3) is 5.65 Å². The van der Waals surface area contributed by atoms with Crippen LogP contribution < -0.4 is 10.6 Å². The lowest BCUT2D eigenvalue weighted by molar-refractivity contribution is 0.665. The lowest BCUT2D eigenvalue weighted by Crippen LogP contribution is -2.39. The van der Waals surface area contributed by atoms with Gasteiger partial charge in [0, 0.05) is 51.2 Å². The summed E-state index contributed by atoms with van der Waals surface area (Å²) in [7, 11) is 0. The van der Waals surface area contributed by atoms with Crippen molar-refractivity contribution < 1.29 is 0 Å². The molecule has 3 heterocycles. The molecule has 0 aliphatic rings. The minimum Gasteiger partial charge on any atom is -0.357 e. The van der Waals surface area contributed by atoms with E-state index in [0.29, 0.717) is 6.54 Å².